The number of hydrogen-bond donors (Lipinski definition) is 0. The molecule has 0 fully saturated rings. The lowest BCUT2D eigenvalue weighted by molar-refractivity contribution is 0.838. The Morgan fingerprint density at radius 1 is 0.553 bits per heavy atom. The first-order chi connectivity index (χ1) is 18.1. The van der Waals surface area contributed by atoms with Crippen molar-refractivity contribution in [1.29, 1.82) is 0 Å². The third kappa shape index (κ3) is 3.40. The van der Waals surface area contributed by atoms with E-state index >= 15 is 0 Å². The third-order valence-corrected chi connectivity index (χ3v) is 15.6. The van der Waals surface area contributed by atoms with Gasteiger partial charge in [0.05, 0.1) is 5.69 Å². The molecule has 0 aliphatic rings. The van der Waals surface area contributed by atoms with Crippen LogP contribution in [0.25, 0.3) is 54.1 Å². The Kier molecular flexibility index (Phi) is 5.74. The minimum Gasteiger partial charge on any atom is -0.351 e. The van der Waals surface area contributed by atoms with Gasteiger partial charge in [-0.05, 0) is 73.2 Å². The van der Waals surface area contributed by atoms with Crippen LogP contribution in [-0.4, -0.2) is 17.2 Å². The Morgan fingerprint density at radius 2 is 1.00 bits per heavy atom. The van der Waals surface area contributed by atoms with Gasteiger partial charge in [0, 0.05) is 42.1 Å². The van der Waals surface area contributed by atoms with E-state index in [1.807, 2.05) is 0 Å². The van der Waals surface area contributed by atoms with Gasteiger partial charge >= 0.3 is 0 Å². The molecule has 0 amide bonds. The molecule has 0 aliphatic heterocycles. The number of aryl methyl sites for hydroxylation is 2. The predicted octanol–water partition coefficient (Wildman–Crippen LogP) is 9.70. The van der Waals surface area contributed by atoms with Crippen LogP contribution in [0.1, 0.15) is 47.2 Å². The molecule has 6 rings (SSSR count). The van der Waals surface area contributed by atoms with Crippen LogP contribution in [0.4, 0.5) is 0 Å². The number of hydrogen-bond acceptors (Lipinski definition) is 0. The van der Waals surface area contributed by atoms with Crippen LogP contribution in [0.5, 0.6) is 0 Å². The van der Waals surface area contributed by atoms with Crippen LogP contribution in [0, 0.1) is 11.5 Å². The van der Waals surface area contributed by atoms with Crippen molar-refractivity contribution in [3.63, 3.8) is 0 Å². The topological polar surface area (TPSA) is 9.86 Å². The van der Waals surface area contributed by atoms with E-state index in [-0.39, 0.29) is 0 Å². The summed E-state index contributed by atoms with van der Waals surface area (Å²) in [5.74, 6) is 3.71. The zero-order valence-electron chi connectivity index (χ0n) is 24.0. The second kappa shape index (κ2) is 8.78. The summed E-state index contributed by atoms with van der Waals surface area (Å²) in [6.07, 6.45) is 2.15. The molecule has 0 radical (unpaired) electrons. The van der Waals surface area contributed by atoms with Crippen LogP contribution < -0.4 is 0 Å². The number of rotatable bonds is 3. The van der Waals surface area contributed by atoms with Gasteiger partial charge < -0.3 is 9.13 Å². The number of benzene rings is 4. The van der Waals surface area contributed by atoms with Gasteiger partial charge in [0.2, 0.25) is 0 Å². The molecule has 192 valence electrons. The van der Waals surface area contributed by atoms with Gasteiger partial charge in [-0.15, -0.1) is 5.54 Å². The maximum Gasteiger partial charge on any atom is 0.146 e. The number of nitrogens with zero attached hydrogens (tertiary/aromatic N) is 2. The summed E-state index contributed by atoms with van der Waals surface area (Å²) in [5.41, 5.74) is 9.46. The van der Waals surface area contributed by atoms with Crippen molar-refractivity contribution in [2.75, 3.05) is 0 Å². The van der Waals surface area contributed by atoms with Gasteiger partial charge in [-0.1, -0.05) is 83.9 Å². The van der Waals surface area contributed by atoms with Crippen molar-refractivity contribution >= 4 is 62.2 Å². The van der Waals surface area contributed by atoms with Gasteiger partial charge in [0.25, 0.3) is 0 Å². The highest BCUT2D eigenvalue weighted by Gasteiger charge is 2.41. The normalized spacial score (nSPS) is 12.7. The SMILES string of the molecule is CC(C)[Si](C#Cc1cc2c3ccc4c(ccc5c4ccc4c5ccn4C)c3ccc2n1C)(C(C)C)C(C)C. The standard InChI is InChI=1S/C35H38N2Si/c1-22(2)38(23(3)4,24(5)6)20-18-25-21-33-31-12-10-26-27(29(31)14-16-35(33)37(25)8)9-11-30-28(26)13-15-34-32(30)17-19-36(34)7/h9-17,19,21-24H,1-8H3. The lowest BCUT2D eigenvalue weighted by atomic mass is 9.94. The second-order valence-corrected chi connectivity index (χ2v) is 17.7. The molecule has 0 saturated heterocycles. The maximum absolute atomic E-state index is 3.93. The summed E-state index contributed by atoms with van der Waals surface area (Å²) in [6, 6.07) is 22.9. The van der Waals surface area contributed by atoms with Crippen molar-refractivity contribution in [3.05, 3.63) is 72.6 Å². The fraction of sp³-hybridized carbons (Fsp3) is 0.314. The second-order valence-electron chi connectivity index (χ2n) is 12.1. The van der Waals surface area contributed by atoms with Gasteiger partial charge in [0.1, 0.15) is 8.07 Å². The van der Waals surface area contributed by atoms with E-state index in [0.29, 0.717) is 16.6 Å². The molecule has 3 heteroatoms. The Bertz CT molecular complexity index is 1910. The molecule has 0 unspecified atom stereocenters. The summed E-state index contributed by atoms with van der Waals surface area (Å²) in [6.45, 7) is 14.3. The fourth-order valence-electron chi connectivity index (χ4n) is 7.34. The first kappa shape index (κ1) is 24.8. The van der Waals surface area contributed by atoms with Crippen LogP contribution >= 0.6 is 0 Å². The van der Waals surface area contributed by atoms with Gasteiger partial charge in [0.15, 0.2) is 0 Å². The van der Waals surface area contributed by atoms with Crippen molar-refractivity contribution in [1.82, 2.24) is 9.13 Å². The molecule has 0 bridgehead atoms. The Hall–Kier alpha value is -3.48. The lowest BCUT2D eigenvalue weighted by Crippen LogP contribution is -2.43. The molecular weight excluding hydrogens is 476 g/mol. The zero-order chi connectivity index (χ0) is 26.9. The molecule has 0 spiro atoms. The van der Waals surface area contributed by atoms with Crippen LogP contribution in [0.2, 0.25) is 16.6 Å². The van der Waals surface area contributed by atoms with Gasteiger partial charge in [-0.2, -0.15) is 0 Å². The summed E-state index contributed by atoms with van der Waals surface area (Å²) in [5, 5.41) is 10.5. The lowest BCUT2D eigenvalue weighted by Gasteiger charge is -2.38. The van der Waals surface area contributed by atoms with Crippen LogP contribution in [0.3, 0.4) is 0 Å². The predicted molar refractivity (Wildman–Crippen MR) is 170 cm³/mol. The maximum atomic E-state index is 3.93. The average Bonchev–Trinajstić information content (AvgIpc) is 3.42. The molecule has 2 aromatic heterocycles. The van der Waals surface area contributed by atoms with Crippen LogP contribution in [-0.2, 0) is 14.1 Å². The first-order valence-corrected chi connectivity index (χ1v) is 16.2. The van der Waals surface area contributed by atoms with Crippen molar-refractivity contribution < 1.29 is 0 Å². The van der Waals surface area contributed by atoms with E-state index in [4.69, 9.17) is 0 Å². The summed E-state index contributed by atoms with van der Waals surface area (Å²) in [4.78, 5) is 0. The van der Waals surface area contributed by atoms with Crippen molar-refractivity contribution in [2.45, 2.75) is 58.2 Å². The van der Waals surface area contributed by atoms with E-state index in [1.54, 1.807) is 0 Å². The first-order valence-electron chi connectivity index (χ1n) is 14.0. The van der Waals surface area contributed by atoms with E-state index in [0.717, 1.165) is 5.69 Å². The molecule has 38 heavy (non-hydrogen) atoms. The zero-order valence-corrected chi connectivity index (χ0v) is 25.0. The molecular formula is C35H38N2Si. The minimum atomic E-state index is -1.79. The minimum absolute atomic E-state index is 0.629. The largest absolute Gasteiger partial charge is 0.351 e. The molecule has 2 nitrogen and oxygen atoms in total. The summed E-state index contributed by atoms with van der Waals surface area (Å²) in [7, 11) is 2.49. The highest BCUT2D eigenvalue weighted by Crippen LogP contribution is 2.41. The molecule has 0 saturated carbocycles. The van der Waals surface area contributed by atoms with E-state index in [1.165, 1.54) is 54.1 Å². The van der Waals surface area contributed by atoms with Crippen molar-refractivity contribution in [2.24, 2.45) is 14.1 Å². The Labute approximate surface area is 227 Å². The molecule has 0 aliphatic carbocycles. The number of fused-ring (bicyclic) bond motifs is 9. The molecule has 2 heterocycles. The van der Waals surface area contributed by atoms with Crippen molar-refractivity contribution in [3.8, 4) is 11.5 Å². The Morgan fingerprint density at radius 3 is 1.53 bits per heavy atom. The van der Waals surface area contributed by atoms with Gasteiger partial charge in [-0.3, -0.25) is 0 Å². The van der Waals surface area contributed by atoms with E-state index in [9.17, 15) is 0 Å². The smallest absolute Gasteiger partial charge is 0.146 e. The van der Waals surface area contributed by atoms with Gasteiger partial charge in [-0.25, -0.2) is 0 Å². The Balaban J connectivity index is 1.57. The van der Waals surface area contributed by atoms with E-state index in [2.05, 4.69) is 143 Å². The molecule has 0 N–H and O–H groups in total. The highest BCUT2D eigenvalue weighted by atomic mass is 28.3. The summed E-state index contributed by atoms with van der Waals surface area (Å²) >= 11 is 0. The van der Waals surface area contributed by atoms with Crippen LogP contribution in [0.15, 0.2) is 66.9 Å². The molecule has 6 aromatic rings. The number of aromatic nitrogens is 2. The highest BCUT2D eigenvalue weighted by molar-refractivity contribution is 6.90. The molecule has 0 atom stereocenters. The monoisotopic (exact) mass is 514 g/mol. The average molecular weight is 515 g/mol. The summed E-state index contributed by atoms with van der Waals surface area (Å²) < 4.78 is 4.49. The molecule has 4 aromatic carbocycles. The third-order valence-electron chi connectivity index (χ3n) is 9.35. The van der Waals surface area contributed by atoms with E-state index < -0.39 is 8.07 Å². The fourth-order valence-corrected chi connectivity index (χ4v) is 12.6. The quantitative estimate of drug-likeness (QED) is 0.126.